The van der Waals surface area contributed by atoms with Gasteiger partial charge in [0.1, 0.15) is 11.6 Å². The van der Waals surface area contributed by atoms with Crippen LogP contribution in [0.2, 0.25) is 0 Å². The van der Waals surface area contributed by atoms with Gasteiger partial charge in [0, 0.05) is 21.7 Å². The maximum absolute atomic E-state index is 11.4. The van der Waals surface area contributed by atoms with Crippen LogP contribution in [0.3, 0.4) is 0 Å². The molecule has 0 bridgehead atoms. The summed E-state index contributed by atoms with van der Waals surface area (Å²) in [5, 5.41) is 11.1. The van der Waals surface area contributed by atoms with Crippen molar-refractivity contribution in [1.29, 1.82) is 4.78 Å². The van der Waals surface area contributed by atoms with E-state index < -0.39 is 33.4 Å². The Kier molecular flexibility index (Phi) is 5.59. The normalized spacial score (nSPS) is 16.4. The molecule has 0 aliphatic rings. The lowest BCUT2D eigenvalue weighted by molar-refractivity contribution is -0.139. The first-order chi connectivity index (χ1) is 7.91. The average Bonchev–Trinajstić information content (AvgIpc) is 2.06. The minimum absolute atomic E-state index is 0.0760. The molecular weight excluding hydrogens is 260 g/mol. The van der Waals surface area contributed by atoms with Gasteiger partial charge in [0.25, 0.3) is 0 Å². The molecule has 0 aromatic carbocycles. The van der Waals surface area contributed by atoms with Gasteiger partial charge in [0.05, 0.1) is 0 Å². The SMILES string of the molecule is CC(C)(C)OC(=O)N[C@@H](CCS(C)(=N)=O)C(=O)O. The van der Waals surface area contributed by atoms with E-state index in [1.54, 1.807) is 20.8 Å². The first kappa shape index (κ1) is 16.7. The number of rotatable bonds is 5. The quantitative estimate of drug-likeness (QED) is 0.695. The summed E-state index contributed by atoms with van der Waals surface area (Å²) in [4.78, 5) is 22.3. The molecule has 0 spiro atoms. The van der Waals surface area contributed by atoms with E-state index in [1.165, 1.54) is 6.26 Å². The summed E-state index contributed by atoms with van der Waals surface area (Å²) in [6.07, 6.45) is 0.301. The molecule has 1 unspecified atom stereocenters. The number of carbonyl (C=O) groups excluding carboxylic acids is 1. The fraction of sp³-hybridized carbons (Fsp3) is 0.800. The zero-order valence-corrected chi connectivity index (χ0v) is 11.8. The summed E-state index contributed by atoms with van der Waals surface area (Å²) >= 11 is 0. The van der Waals surface area contributed by atoms with Gasteiger partial charge in [0.2, 0.25) is 0 Å². The van der Waals surface area contributed by atoms with E-state index in [-0.39, 0.29) is 12.2 Å². The molecule has 0 aromatic rings. The van der Waals surface area contributed by atoms with Gasteiger partial charge < -0.3 is 15.2 Å². The van der Waals surface area contributed by atoms with Crippen molar-refractivity contribution in [2.45, 2.75) is 38.8 Å². The maximum atomic E-state index is 11.4. The second-order valence-corrected chi connectivity index (χ2v) is 7.45. The second kappa shape index (κ2) is 6.03. The van der Waals surface area contributed by atoms with Gasteiger partial charge in [-0.05, 0) is 27.2 Å². The molecule has 0 aliphatic heterocycles. The molecule has 0 rings (SSSR count). The van der Waals surface area contributed by atoms with E-state index in [0.29, 0.717) is 0 Å². The molecule has 0 radical (unpaired) electrons. The minimum atomic E-state index is -2.78. The molecule has 18 heavy (non-hydrogen) atoms. The molecular formula is C10H20N2O5S. The highest BCUT2D eigenvalue weighted by molar-refractivity contribution is 7.91. The largest absolute Gasteiger partial charge is 0.480 e. The Morgan fingerprint density at radius 3 is 2.28 bits per heavy atom. The number of carbonyl (C=O) groups is 2. The number of amides is 1. The molecule has 7 nitrogen and oxygen atoms in total. The zero-order chi connectivity index (χ0) is 14.6. The fourth-order valence-corrected chi connectivity index (χ4v) is 1.74. The van der Waals surface area contributed by atoms with Gasteiger partial charge in [-0.15, -0.1) is 0 Å². The highest BCUT2D eigenvalue weighted by atomic mass is 32.2. The first-order valence-corrected chi connectivity index (χ1v) is 7.48. The molecule has 0 heterocycles. The van der Waals surface area contributed by atoms with E-state index in [2.05, 4.69) is 5.32 Å². The highest BCUT2D eigenvalue weighted by Gasteiger charge is 2.24. The van der Waals surface area contributed by atoms with Crippen LogP contribution < -0.4 is 5.32 Å². The van der Waals surface area contributed by atoms with Crippen molar-refractivity contribution in [2.24, 2.45) is 0 Å². The number of hydrogen-bond donors (Lipinski definition) is 3. The van der Waals surface area contributed by atoms with E-state index in [4.69, 9.17) is 14.6 Å². The summed E-state index contributed by atoms with van der Waals surface area (Å²) in [7, 11) is -2.78. The van der Waals surface area contributed by atoms with Crippen LogP contribution in [0.5, 0.6) is 0 Å². The highest BCUT2D eigenvalue weighted by Crippen LogP contribution is 2.07. The van der Waals surface area contributed by atoms with Crippen molar-refractivity contribution in [3.63, 3.8) is 0 Å². The number of ether oxygens (including phenoxy) is 1. The minimum Gasteiger partial charge on any atom is -0.480 e. The van der Waals surface area contributed by atoms with Crippen molar-refractivity contribution in [1.82, 2.24) is 5.32 Å². The molecule has 0 saturated carbocycles. The topological polar surface area (TPSA) is 117 Å². The Hall–Kier alpha value is -1.31. The lowest BCUT2D eigenvalue weighted by Gasteiger charge is -2.22. The Morgan fingerprint density at radius 2 is 1.94 bits per heavy atom. The number of carboxylic acid groups (broad SMARTS) is 1. The summed E-state index contributed by atoms with van der Waals surface area (Å²) in [6.45, 7) is 4.97. The van der Waals surface area contributed by atoms with Crippen LogP contribution in [0.1, 0.15) is 27.2 Å². The second-order valence-electron chi connectivity index (χ2n) is 5.03. The molecule has 0 aromatic heterocycles. The monoisotopic (exact) mass is 280 g/mol. The molecule has 0 fully saturated rings. The average molecular weight is 280 g/mol. The van der Waals surface area contributed by atoms with E-state index in [1.807, 2.05) is 0 Å². The Labute approximate surface area is 107 Å². The molecule has 0 aliphatic carbocycles. The summed E-state index contributed by atoms with van der Waals surface area (Å²) < 4.78 is 23.3. The van der Waals surface area contributed by atoms with Crippen molar-refractivity contribution >= 4 is 21.8 Å². The smallest absolute Gasteiger partial charge is 0.408 e. The van der Waals surface area contributed by atoms with Gasteiger partial charge in [-0.25, -0.2) is 9.59 Å². The Bertz CT molecular complexity index is 410. The van der Waals surface area contributed by atoms with Crippen LogP contribution in [0.15, 0.2) is 0 Å². The lowest BCUT2D eigenvalue weighted by Crippen LogP contribution is -2.44. The third kappa shape index (κ3) is 8.80. The number of nitrogens with one attached hydrogen (secondary N) is 2. The van der Waals surface area contributed by atoms with Crippen molar-refractivity contribution in [3.05, 3.63) is 0 Å². The third-order valence-corrected chi connectivity index (χ3v) is 2.80. The molecule has 3 N–H and O–H groups in total. The van der Waals surface area contributed by atoms with Gasteiger partial charge in [-0.1, -0.05) is 0 Å². The Balaban J connectivity index is 4.46. The predicted octanol–water partition coefficient (Wildman–Crippen LogP) is 1.03. The number of alkyl carbamates (subject to hydrolysis) is 1. The van der Waals surface area contributed by atoms with E-state index in [0.717, 1.165) is 0 Å². The van der Waals surface area contributed by atoms with Crippen LogP contribution in [0, 0.1) is 4.78 Å². The zero-order valence-electron chi connectivity index (χ0n) is 11.0. The lowest BCUT2D eigenvalue weighted by atomic mass is 10.2. The third-order valence-electron chi connectivity index (χ3n) is 1.79. The van der Waals surface area contributed by atoms with Crippen LogP contribution in [-0.2, 0) is 19.3 Å². The van der Waals surface area contributed by atoms with Gasteiger partial charge in [-0.2, -0.15) is 0 Å². The molecule has 8 heteroatoms. The summed E-state index contributed by atoms with van der Waals surface area (Å²) in [5.41, 5.74) is -0.721. The van der Waals surface area contributed by atoms with Gasteiger partial charge in [0.15, 0.2) is 0 Å². The standard InChI is InChI=1S/C10H20N2O5S/c1-10(2,3)17-9(15)12-7(8(13)14)5-6-18(4,11)16/h7,11H,5-6H2,1-4H3,(H,12,15)(H,13,14)/t7-,18?/m0/s1. The van der Waals surface area contributed by atoms with E-state index >= 15 is 0 Å². The van der Waals surface area contributed by atoms with Crippen LogP contribution in [0.4, 0.5) is 4.79 Å². The number of aliphatic carboxylic acids is 1. The predicted molar refractivity (Wildman–Crippen MR) is 67.1 cm³/mol. The molecule has 0 saturated heterocycles. The van der Waals surface area contributed by atoms with Crippen LogP contribution in [0.25, 0.3) is 0 Å². The van der Waals surface area contributed by atoms with Gasteiger partial charge in [-0.3, -0.25) is 8.99 Å². The molecule has 1 amide bonds. The van der Waals surface area contributed by atoms with Crippen LogP contribution >= 0.6 is 0 Å². The summed E-state index contributed by atoms with van der Waals surface area (Å²) in [5.74, 6) is -1.34. The Morgan fingerprint density at radius 1 is 1.44 bits per heavy atom. The van der Waals surface area contributed by atoms with Gasteiger partial charge >= 0.3 is 12.1 Å². The maximum Gasteiger partial charge on any atom is 0.408 e. The van der Waals surface area contributed by atoms with E-state index in [9.17, 15) is 13.8 Å². The van der Waals surface area contributed by atoms with Crippen molar-refractivity contribution in [3.8, 4) is 0 Å². The fourth-order valence-electron chi connectivity index (χ4n) is 1.05. The molecule has 106 valence electrons. The molecule has 2 atom stereocenters. The summed E-state index contributed by atoms with van der Waals surface area (Å²) in [6, 6.07) is -1.20. The van der Waals surface area contributed by atoms with Crippen molar-refractivity contribution < 1.29 is 23.6 Å². The van der Waals surface area contributed by atoms with Crippen LogP contribution in [-0.4, -0.2) is 45.0 Å². The van der Waals surface area contributed by atoms with Crippen molar-refractivity contribution in [2.75, 3.05) is 12.0 Å². The number of hydrogen-bond acceptors (Lipinski definition) is 5. The first-order valence-electron chi connectivity index (χ1n) is 5.34. The number of carboxylic acids is 1.